The highest BCUT2D eigenvalue weighted by Gasteiger charge is 2.43. The molecule has 3 unspecified atom stereocenters. The van der Waals surface area contributed by atoms with Crippen LogP contribution in [0.4, 0.5) is 0 Å². The highest BCUT2D eigenvalue weighted by atomic mass is 16.7. The Kier molecular flexibility index (Phi) is 6.90. The van der Waals surface area contributed by atoms with E-state index in [-0.39, 0.29) is 12.0 Å². The summed E-state index contributed by atoms with van der Waals surface area (Å²) in [5.74, 6) is -2.44. The van der Waals surface area contributed by atoms with E-state index in [4.69, 9.17) is 19.4 Å². The number of rotatable bonds is 8. The SMILES string of the molecule is C/C(=N/OCCCCC1COC(C)(C(=O)O)OC1C)c1ccccn1. The number of oxime groups is 1. The van der Waals surface area contributed by atoms with E-state index in [0.717, 1.165) is 30.7 Å². The van der Waals surface area contributed by atoms with Gasteiger partial charge in [-0.15, -0.1) is 0 Å². The smallest absolute Gasteiger partial charge is 0.364 e. The third-order valence-electron chi connectivity index (χ3n) is 4.33. The van der Waals surface area contributed by atoms with Crippen LogP contribution in [0.25, 0.3) is 0 Å². The number of pyridine rings is 1. The molecule has 1 aliphatic heterocycles. The number of nitrogens with zero attached hydrogens (tertiary/aromatic N) is 2. The molecule has 0 amide bonds. The van der Waals surface area contributed by atoms with Gasteiger partial charge in [-0.1, -0.05) is 11.2 Å². The van der Waals surface area contributed by atoms with E-state index >= 15 is 0 Å². The van der Waals surface area contributed by atoms with Gasteiger partial charge in [0.15, 0.2) is 0 Å². The number of carboxylic acid groups (broad SMARTS) is 1. The summed E-state index contributed by atoms with van der Waals surface area (Å²) in [6.07, 6.45) is 4.25. The Bertz CT molecular complexity index is 592. The molecule has 0 bridgehead atoms. The number of aliphatic carboxylic acids is 1. The number of unbranched alkanes of at least 4 members (excludes halogenated alkanes) is 1. The fourth-order valence-electron chi connectivity index (χ4n) is 2.66. The quantitative estimate of drug-likeness (QED) is 0.440. The zero-order valence-corrected chi connectivity index (χ0v) is 15.0. The summed E-state index contributed by atoms with van der Waals surface area (Å²) in [6, 6.07) is 5.65. The lowest BCUT2D eigenvalue weighted by molar-refractivity contribution is -0.292. The number of ether oxygens (including phenoxy) is 2. The van der Waals surface area contributed by atoms with Gasteiger partial charge in [0.2, 0.25) is 0 Å². The summed E-state index contributed by atoms with van der Waals surface area (Å²) in [7, 11) is 0. The van der Waals surface area contributed by atoms with Crippen molar-refractivity contribution in [2.24, 2.45) is 11.1 Å². The molecule has 1 aromatic heterocycles. The first-order valence-electron chi connectivity index (χ1n) is 8.55. The summed E-state index contributed by atoms with van der Waals surface area (Å²) >= 11 is 0. The Morgan fingerprint density at radius 3 is 2.92 bits per heavy atom. The standard InChI is InChI=1S/C18H26N2O5/c1-13(16-9-4-6-10-19-16)20-24-11-7-5-8-15-12-23-18(3,17(21)22)25-14(15)2/h4,6,9-10,14-15H,5,7-8,11-12H2,1-3H3,(H,21,22)/b20-13-. The van der Waals surface area contributed by atoms with Crippen molar-refractivity contribution in [3.63, 3.8) is 0 Å². The second-order valence-electron chi connectivity index (χ2n) is 6.37. The average molecular weight is 350 g/mol. The lowest BCUT2D eigenvalue weighted by Gasteiger charge is -2.39. The van der Waals surface area contributed by atoms with Crippen LogP contribution in [0, 0.1) is 5.92 Å². The molecule has 2 rings (SSSR count). The molecule has 0 saturated carbocycles. The molecular formula is C18H26N2O5. The van der Waals surface area contributed by atoms with Crippen molar-refractivity contribution in [1.82, 2.24) is 4.98 Å². The van der Waals surface area contributed by atoms with Crippen molar-refractivity contribution in [3.05, 3.63) is 30.1 Å². The Labute approximate surface area is 148 Å². The number of carboxylic acids is 1. The maximum absolute atomic E-state index is 11.1. The Morgan fingerprint density at radius 1 is 1.48 bits per heavy atom. The van der Waals surface area contributed by atoms with Gasteiger partial charge in [-0.2, -0.15) is 0 Å². The highest BCUT2D eigenvalue weighted by Crippen LogP contribution is 2.29. The fraction of sp³-hybridized carbons (Fsp3) is 0.611. The van der Waals surface area contributed by atoms with Crippen molar-refractivity contribution in [2.75, 3.05) is 13.2 Å². The third kappa shape index (κ3) is 5.51. The number of aromatic nitrogens is 1. The largest absolute Gasteiger partial charge is 0.477 e. The van der Waals surface area contributed by atoms with E-state index in [1.807, 2.05) is 32.0 Å². The summed E-state index contributed by atoms with van der Waals surface area (Å²) in [5, 5.41) is 13.2. The summed E-state index contributed by atoms with van der Waals surface area (Å²) < 4.78 is 10.9. The molecule has 1 fully saturated rings. The van der Waals surface area contributed by atoms with Crippen molar-refractivity contribution in [1.29, 1.82) is 0 Å². The van der Waals surface area contributed by atoms with Crippen molar-refractivity contribution in [3.8, 4) is 0 Å². The van der Waals surface area contributed by atoms with Crippen molar-refractivity contribution in [2.45, 2.75) is 51.9 Å². The molecule has 7 heteroatoms. The molecule has 25 heavy (non-hydrogen) atoms. The summed E-state index contributed by atoms with van der Waals surface area (Å²) in [5.41, 5.74) is 1.55. The van der Waals surface area contributed by atoms with Gasteiger partial charge in [-0.3, -0.25) is 4.98 Å². The van der Waals surface area contributed by atoms with Gasteiger partial charge < -0.3 is 19.4 Å². The van der Waals surface area contributed by atoms with E-state index in [9.17, 15) is 4.79 Å². The fourth-order valence-corrected chi connectivity index (χ4v) is 2.66. The molecule has 0 aromatic carbocycles. The zero-order chi connectivity index (χ0) is 18.3. The monoisotopic (exact) mass is 350 g/mol. The van der Waals surface area contributed by atoms with Crippen LogP contribution in [0.3, 0.4) is 0 Å². The van der Waals surface area contributed by atoms with E-state index in [1.165, 1.54) is 6.92 Å². The van der Waals surface area contributed by atoms with E-state index in [1.54, 1.807) is 6.20 Å². The van der Waals surface area contributed by atoms with Crippen LogP contribution in [0.5, 0.6) is 0 Å². The van der Waals surface area contributed by atoms with Crippen LogP contribution < -0.4 is 0 Å². The average Bonchev–Trinajstić information content (AvgIpc) is 2.60. The minimum Gasteiger partial charge on any atom is -0.477 e. The molecule has 138 valence electrons. The lowest BCUT2D eigenvalue weighted by atomic mass is 9.96. The van der Waals surface area contributed by atoms with Gasteiger partial charge >= 0.3 is 5.97 Å². The second-order valence-corrected chi connectivity index (χ2v) is 6.37. The highest BCUT2D eigenvalue weighted by molar-refractivity contribution is 5.96. The van der Waals surface area contributed by atoms with Gasteiger partial charge in [0.1, 0.15) is 12.3 Å². The molecule has 1 aliphatic rings. The van der Waals surface area contributed by atoms with Crippen LogP contribution in [0.15, 0.2) is 29.6 Å². The molecule has 0 radical (unpaired) electrons. The number of hydrogen-bond donors (Lipinski definition) is 1. The maximum atomic E-state index is 11.1. The molecule has 2 heterocycles. The van der Waals surface area contributed by atoms with Gasteiger partial charge in [0.25, 0.3) is 5.79 Å². The van der Waals surface area contributed by atoms with Gasteiger partial charge in [0.05, 0.1) is 18.4 Å². The predicted molar refractivity (Wildman–Crippen MR) is 92.3 cm³/mol. The molecule has 1 aromatic rings. The van der Waals surface area contributed by atoms with Crippen LogP contribution >= 0.6 is 0 Å². The Balaban J connectivity index is 1.64. The minimum absolute atomic E-state index is 0.153. The number of hydrogen-bond acceptors (Lipinski definition) is 6. The first-order valence-corrected chi connectivity index (χ1v) is 8.55. The molecule has 3 atom stereocenters. The Hall–Kier alpha value is -1.99. The van der Waals surface area contributed by atoms with Crippen LogP contribution in [-0.2, 0) is 19.1 Å². The van der Waals surface area contributed by atoms with Gasteiger partial charge in [-0.05, 0) is 45.2 Å². The predicted octanol–water partition coefficient (Wildman–Crippen LogP) is 2.84. The zero-order valence-electron chi connectivity index (χ0n) is 15.0. The van der Waals surface area contributed by atoms with E-state index in [2.05, 4.69) is 10.1 Å². The van der Waals surface area contributed by atoms with E-state index < -0.39 is 11.8 Å². The summed E-state index contributed by atoms with van der Waals surface area (Å²) in [4.78, 5) is 20.7. The number of carbonyl (C=O) groups is 1. The first kappa shape index (κ1) is 19.3. The summed E-state index contributed by atoms with van der Waals surface area (Å²) in [6.45, 7) is 6.12. The topological polar surface area (TPSA) is 90.2 Å². The normalized spacial score (nSPS) is 27.1. The lowest BCUT2D eigenvalue weighted by Crippen LogP contribution is -2.51. The first-order chi connectivity index (χ1) is 11.9. The van der Waals surface area contributed by atoms with Crippen LogP contribution in [0.2, 0.25) is 0 Å². The molecule has 0 spiro atoms. The van der Waals surface area contributed by atoms with Crippen molar-refractivity contribution < 1.29 is 24.2 Å². The molecule has 1 N–H and O–H groups in total. The maximum Gasteiger partial charge on any atom is 0.364 e. The third-order valence-corrected chi connectivity index (χ3v) is 4.33. The molecule has 7 nitrogen and oxygen atoms in total. The Morgan fingerprint density at radius 2 is 2.28 bits per heavy atom. The van der Waals surface area contributed by atoms with Gasteiger partial charge in [0, 0.05) is 19.0 Å². The van der Waals surface area contributed by atoms with E-state index in [0.29, 0.717) is 13.2 Å². The molecule has 1 saturated heterocycles. The van der Waals surface area contributed by atoms with Crippen LogP contribution in [-0.4, -0.2) is 46.9 Å². The second kappa shape index (κ2) is 8.92. The molecule has 0 aliphatic carbocycles. The van der Waals surface area contributed by atoms with Crippen molar-refractivity contribution >= 4 is 11.7 Å². The minimum atomic E-state index is -1.53. The van der Waals surface area contributed by atoms with Gasteiger partial charge in [-0.25, -0.2) is 4.79 Å². The van der Waals surface area contributed by atoms with Crippen LogP contribution in [0.1, 0.15) is 45.7 Å². The molecular weight excluding hydrogens is 324 g/mol.